The second kappa shape index (κ2) is 7.68. The molecule has 1 fully saturated rings. The van der Waals surface area contributed by atoms with Crippen molar-refractivity contribution in [3.05, 3.63) is 48.2 Å². The number of aliphatic imine (C=N–C) groups is 1. The molecule has 3 N–H and O–H groups in total. The van der Waals surface area contributed by atoms with E-state index in [4.69, 9.17) is 10.5 Å². The van der Waals surface area contributed by atoms with Crippen molar-refractivity contribution in [3.63, 3.8) is 0 Å². The summed E-state index contributed by atoms with van der Waals surface area (Å²) in [6, 6.07) is 11.7. The quantitative estimate of drug-likeness (QED) is 0.653. The average Bonchev–Trinajstić information content (AvgIpc) is 3.15. The van der Waals surface area contributed by atoms with E-state index < -0.39 is 0 Å². The standard InChI is InChI=1S/C18H23N5O/c1-24-16-6-4-5-15(11-16)22-18(19)21-13-14-7-8-17(20-12-14)23-9-2-3-10-23/h4-8,11-12H,2-3,9-10,13H2,1H3,(H3,19,21,22). The molecule has 1 saturated heterocycles. The molecule has 0 atom stereocenters. The molecule has 6 heteroatoms. The monoisotopic (exact) mass is 325 g/mol. The second-order valence-corrected chi connectivity index (χ2v) is 5.78. The Morgan fingerprint density at radius 1 is 1.29 bits per heavy atom. The van der Waals surface area contributed by atoms with Crippen LogP contribution in [0.4, 0.5) is 11.5 Å². The number of nitrogens with one attached hydrogen (secondary N) is 1. The van der Waals surface area contributed by atoms with Crippen molar-refractivity contribution >= 4 is 17.5 Å². The number of hydrogen-bond acceptors (Lipinski definition) is 4. The summed E-state index contributed by atoms with van der Waals surface area (Å²) in [5, 5.41) is 3.06. The minimum absolute atomic E-state index is 0.367. The van der Waals surface area contributed by atoms with Gasteiger partial charge < -0.3 is 20.7 Å². The van der Waals surface area contributed by atoms with E-state index >= 15 is 0 Å². The van der Waals surface area contributed by atoms with Crippen LogP contribution < -0.4 is 20.7 Å². The summed E-state index contributed by atoms with van der Waals surface area (Å²) in [7, 11) is 1.63. The molecule has 0 amide bonds. The fraction of sp³-hybridized carbons (Fsp3) is 0.333. The van der Waals surface area contributed by atoms with E-state index in [1.165, 1.54) is 12.8 Å². The molecule has 2 aromatic rings. The minimum atomic E-state index is 0.367. The lowest BCUT2D eigenvalue weighted by Gasteiger charge is -2.16. The zero-order valence-electron chi connectivity index (χ0n) is 13.9. The maximum absolute atomic E-state index is 5.94. The maximum atomic E-state index is 5.94. The number of benzene rings is 1. The average molecular weight is 325 g/mol. The van der Waals surface area contributed by atoms with Crippen molar-refractivity contribution in [2.24, 2.45) is 10.7 Å². The van der Waals surface area contributed by atoms with Gasteiger partial charge in [0.1, 0.15) is 11.6 Å². The summed E-state index contributed by atoms with van der Waals surface area (Å²) in [6.07, 6.45) is 4.37. The van der Waals surface area contributed by atoms with Gasteiger partial charge in [-0.2, -0.15) is 0 Å². The summed E-state index contributed by atoms with van der Waals surface area (Å²) in [5.74, 6) is 2.18. The minimum Gasteiger partial charge on any atom is -0.497 e. The highest BCUT2D eigenvalue weighted by atomic mass is 16.5. The Bertz CT molecular complexity index is 693. The van der Waals surface area contributed by atoms with Crippen molar-refractivity contribution < 1.29 is 4.74 Å². The van der Waals surface area contributed by atoms with Gasteiger partial charge >= 0.3 is 0 Å². The number of ether oxygens (including phenoxy) is 1. The number of anilines is 2. The largest absolute Gasteiger partial charge is 0.497 e. The molecule has 0 aliphatic carbocycles. The number of guanidine groups is 1. The van der Waals surface area contributed by atoms with E-state index in [0.717, 1.165) is 35.9 Å². The zero-order valence-corrected chi connectivity index (χ0v) is 13.9. The van der Waals surface area contributed by atoms with Crippen LogP contribution in [0.3, 0.4) is 0 Å². The van der Waals surface area contributed by atoms with Gasteiger partial charge in [0, 0.05) is 31.0 Å². The van der Waals surface area contributed by atoms with Gasteiger partial charge in [-0.25, -0.2) is 9.98 Å². The SMILES string of the molecule is COc1cccc(NC(N)=NCc2ccc(N3CCCC3)nc2)c1. The third kappa shape index (κ3) is 4.16. The predicted octanol–water partition coefficient (Wildman–Crippen LogP) is 2.62. The smallest absolute Gasteiger partial charge is 0.193 e. The highest BCUT2D eigenvalue weighted by Crippen LogP contribution is 2.18. The molecule has 0 spiro atoms. The Morgan fingerprint density at radius 3 is 2.83 bits per heavy atom. The number of methoxy groups -OCH3 is 1. The predicted molar refractivity (Wildman–Crippen MR) is 97.6 cm³/mol. The third-order valence-corrected chi connectivity index (χ3v) is 4.01. The zero-order chi connectivity index (χ0) is 16.8. The first-order chi connectivity index (χ1) is 11.7. The van der Waals surface area contributed by atoms with E-state index in [-0.39, 0.29) is 0 Å². The van der Waals surface area contributed by atoms with Crippen LogP contribution in [0.25, 0.3) is 0 Å². The first kappa shape index (κ1) is 16.1. The molecular formula is C18H23N5O. The van der Waals surface area contributed by atoms with Crippen LogP contribution in [0.2, 0.25) is 0 Å². The molecular weight excluding hydrogens is 302 g/mol. The molecule has 1 aliphatic heterocycles. The van der Waals surface area contributed by atoms with Gasteiger partial charge in [0.05, 0.1) is 13.7 Å². The molecule has 126 valence electrons. The van der Waals surface area contributed by atoms with E-state index in [2.05, 4.69) is 32.3 Å². The fourth-order valence-corrected chi connectivity index (χ4v) is 2.71. The van der Waals surface area contributed by atoms with Gasteiger partial charge in [-0.1, -0.05) is 12.1 Å². The van der Waals surface area contributed by atoms with Gasteiger partial charge in [0.2, 0.25) is 0 Å². The molecule has 1 aromatic carbocycles. The van der Waals surface area contributed by atoms with Crippen LogP contribution in [0, 0.1) is 0 Å². The number of nitrogens with zero attached hydrogens (tertiary/aromatic N) is 3. The first-order valence-corrected chi connectivity index (χ1v) is 8.15. The normalized spacial score (nSPS) is 14.7. The Labute approximate surface area is 142 Å². The topological polar surface area (TPSA) is 75.8 Å². The summed E-state index contributed by atoms with van der Waals surface area (Å²) < 4.78 is 5.19. The van der Waals surface area contributed by atoms with Gasteiger partial charge in [0.25, 0.3) is 0 Å². The van der Waals surface area contributed by atoms with Gasteiger partial charge in [-0.15, -0.1) is 0 Å². The molecule has 0 bridgehead atoms. The molecule has 0 saturated carbocycles. The van der Waals surface area contributed by atoms with E-state index in [1.54, 1.807) is 7.11 Å². The number of pyridine rings is 1. The van der Waals surface area contributed by atoms with Crippen molar-refractivity contribution in [1.29, 1.82) is 0 Å². The molecule has 6 nitrogen and oxygen atoms in total. The fourth-order valence-electron chi connectivity index (χ4n) is 2.71. The molecule has 2 heterocycles. The number of nitrogens with two attached hydrogens (primary N) is 1. The molecule has 24 heavy (non-hydrogen) atoms. The van der Waals surface area contributed by atoms with Crippen molar-refractivity contribution in [3.8, 4) is 5.75 Å². The van der Waals surface area contributed by atoms with Crippen LogP contribution in [-0.4, -0.2) is 31.1 Å². The highest BCUT2D eigenvalue weighted by molar-refractivity contribution is 5.92. The number of rotatable bonds is 5. The molecule has 0 radical (unpaired) electrons. The van der Waals surface area contributed by atoms with Crippen molar-refractivity contribution in [2.75, 3.05) is 30.4 Å². The van der Waals surface area contributed by atoms with Crippen LogP contribution in [-0.2, 0) is 6.54 Å². The van der Waals surface area contributed by atoms with Gasteiger partial charge in [-0.3, -0.25) is 0 Å². The van der Waals surface area contributed by atoms with E-state index in [1.807, 2.05) is 30.5 Å². The Balaban J connectivity index is 1.57. The molecule has 0 unspecified atom stereocenters. The first-order valence-electron chi connectivity index (χ1n) is 8.15. The van der Waals surface area contributed by atoms with E-state index in [0.29, 0.717) is 12.5 Å². The van der Waals surface area contributed by atoms with Gasteiger partial charge in [0.15, 0.2) is 5.96 Å². The summed E-state index contributed by atoms with van der Waals surface area (Å²) >= 11 is 0. The number of hydrogen-bond donors (Lipinski definition) is 2. The molecule has 1 aliphatic rings. The maximum Gasteiger partial charge on any atom is 0.193 e. The molecule has 1 aromatic heterocycles. The Kier molecular flexibility index (Phi) is 5.15. The third-order valence-electron chi connectivity index (χ3n) is 4.01. The van der Waals surface area contributed by atoms with Gasteiger partial charge in [-0.05, 0) is 36.6 Å². The summed E-state index contributed by atoms with van der Waals surface area (Å²) in [5.41, 5.74) is 7.82. The van der Waals surface area contributed by atoms with Crippen molar-refractivity contribution in [2.45, 2.75) is 19.4 Å². The highest BCUT2D eigenvalue weighted by Gasteiger charge is 2.12. The second-order valence-electron chi connectivity index (χ2n) is 5.78. The van der Waals surface area contributed by atoms with E-state index in [9.17, 15) is 0 Å². The number of aromatic nitrogens is 1. The summed E-state index contributed by atoms with van der Waals surface area (Å²) in [6.45, 7) is 2.69. The lowest BCUT2D eigenvalue weighted by molar-refractivity contribution is 0.415. The van der Waals surface area contributed by atoms with Crippen LogP contribution in [0.15, 0.2) is 47.6 Å². The van der Waals surface area contributed by atoms with Crippen LogP contribution >= 0.6 is 0 Å². The van der Waals surface area contributed by atoms with Crippen LogP contribution in [0.5, 0.6) is 5.75 Å². The summed E-state index contributed by atoms with van der Waals surface area (Å²) in [4.78, 5) is 11.2. The Morgan fingerprint density at radius 2 is 2.12 bits per heavy atom. The van der Waals surface area contributed by atoms with Crippen molar-refractivity contribution in [1.82, 2.24) is 4.98 Å². The lowest BCUT2D eigenvalue weighted by Crippen LogP contribution is -2.22. The Hall–Kier alpha value is -2.76. The molecule has 3 rings (SSSR count). The van der Waals surface area contributed by atoms with Crippen LogP contribution in [0.1, 0.15) is 18.4 Å². The lowest BCUT2D eigenvalue weighted by atomic mass is 10.3.